The third-order valence-electron chi connectivity index (χ3n) is 4.42. The number of rotatable bonds is 4. The Morgan fingerprint density at radius 1 is 1.38 bits per heavy atom. The fourth-order valence-electron chi connectivity index (χ4n) is 2.83. The number of aryl methyl sites for hydroxylation is 1. The molecule has 0 saturated heterocycles. The van der Waals surface area contributed by atoms with Gasteiger partial charge in [0.2, 0.25) is 5.91 Å². The van der Waals surface area contributed by atoms with Gasteiger partial charge in [0.05, 0.1) is 6.54 Å². The van der Waals surface area contributed by atoms with Crippen LogP contribution in [-0.4, -0.2) is 30.5 Å². The van der Waals surface area contributed by atoms with Gasteiger partial charge in [-0.2, -0.15) is 11.3 Å². The van der Waals surface area contributed by atoms with Crippen molar-refractivity contribution in [2.75, 3.05) is 18.5 Å². The number of benzene rings is 1. The zero-order chi connectivity index (χ0) is 17.3. The Bertz CT molecular complexity index is 769. The number of fused-ring (bicyclic) bond motifs is 1. The van der Waals surface area contributed by atoms with E-state index >= 15 is 0 Å². The molecule has 0 fully saturated rings. The molecule has 3 rings (SSSR count). The lowest BCUT2D eigenvalue weighted by molar-refractivity contribution is -0.118. The summed E-state index contributed by atoms with van der Waals surface area (Å²) >= 11 is 1.51. The molecule has 2 heterocycles. The Hall–Kier alpha value is -2.18. The quantitative estimate of drug-likeness (QED) is 0.894. The predicted octanol–water partition coefficient (Wildman–Crippen LogP) is 2.29. The predicted molar refractivity (Wildman–Crippen MR) is 94.4 cm³/mol. The van der Waals surface area contributed by atoms with E-state index in [0.717, 1.165) is 16.8 Å². The summed E-state index contributed by atoms with van der Waals surface area (Å²) in [6, 6.07) is 7.19. The van der Waals surface area contributed by atoms with E-state index in [0.29, 0.717) is 18.4 Å². The van der Waals surface area contributed by atoms with E-state index in [2.05, 4.69) is 5.32 Å². The van der Waals surface area contributed by atoms with E-state index in [4.69, 9.17) is 0 Å². The van der Waals surface area contributed by atoms with E-state index < -0.39 is 5.60 Å². The number of amides is 2. The highest BCUT2D eigenvalue weighted by atomic mass is 32.1. The number of anilines is 1. The van der Waals surface area contributed by atoms with Gasteiger partial charge in [-0.25, -0.2) is 0 Å². The van der Waals surface area contributed by atoms with Gasteiger partial charge >= 0.3 is 0 Å². The number of carbonyl (C=O) groups is 2. The van der Waals surface area contributed by atoms with Crippen LogP contribution in [-0.2, 0) is 16.8 Å². The van der Waals surface area contributed by atoms with Crippen molar-refractivity contribution in [3.63, 3.8) is 0 Å². The molecule has 1 aromatic carbocycles. The topological polar surface area (TPSA) is 69.6 Å². The van der Waals surface area contributed by atoms with Crippen LogP contribution < -0.4 is 10.2 Å². The highest BCUT2D eigenvalue weighted by Crippen LogP contribution is 2.28. The van der Waals surface area contributed by atoms with Crippen LogP contribution in [0.25, 0.3) is 0 Å². The Morgan fingerprint density at radius 2 is 2.17 bits per heavy atom. The van der Waals surface area contributed by atoms with Crippen LogP contribution in [0.1, 0.15) is 34.8 Å². The number of nitrogens with zero attached hydrogens (tertiary/aromatic N) is 1. The van der Waals surface area contributed by atoms with Gasteiger partial charge in [0.25, 0.3) is 5.91 Å². The number of hydrogen-bond donors (Lipinski definition) is 2. The minimum Gasteiger partial charge on any atom is -0.384 e. The van der Waals surface area contributed by atoms with Gasteiger partial charge in [-0.1, -0.05) is 0 Å². The summed E-state index contributed by atoms with van der Waals surface area (Å²) < 4.78 is 0. The number of hydrogen-bond acceptors (Lipinski definition) is 4. The smallest absolute Gasteiger partial charge is 0.251 e. The number of nitrogens with one attached hydrogen (secondary N) is 1. The fraction of sp³-hybridized carbons (Fsp3) is 0.333. The summed E-state index contributed by atoms with van der Waals surface area (Å²) in [6.07, 6.45) is 1.10. The van der Waals surface area contributed by atoms with Crippen molar-refractivity contribution in [2.24, 2.45) is 0 Å². The minimum atomic E-state index is -1.10. The van der Waals surface area contributed by atoms with Crippen molar-refractivity contribution in [3.8, 4) is 0 Å². The Morgan fingerprint density at radius 3 is 2.88 bits per heavy atom. The molecule has 2 N–H and O–H groups in total. The standard InChI is InChI=1S/C18H20N2O3S/c1-18(23,14-7-8-24-10-14)11-19-17(22)13-3-5-15-12(9-13)4-6-16(21)20(15)2/h3,5,7-10,23H,4,6,11H2,1-2H3,(H,19,22). The SMILES string of the molecule is CN1C(=O)CCc2cc(C(=O)NCC(C)(O)c3ccsc3)ccc21. The van der Waals surface area contributed by atoms with E-state index in [9.17, 15) is 14.7 Å². The van der Waals surface area contributed by atoms with E-state index in [1.165, 1.54) is 11.3 Å². The monoisotopic (exact) mass is 344 g/mol. The van der Waals surface area contributed by atoms with Gasteiger partial charge in [0.1, 0.15) is 5.60 Å². The molecule has 2 amide bonds. The molecule has 6 heteroatoms. The first-order chi connectivity index (χ1) is 11.4. The van der Waals surface area contributed by atoms with Crippen LogP contribution >= 0.6 is 11.3 Å². The van der Waals surface area contributed by atoms with Crippen LogP contribution in [0.5, 0.6) is 0 Å². The molecule has 0 bridgehead atoms. The maximum absolute atomic E-state index is 12.4. The molecular formula is C18H20N2O3S. The minimum absolute atomic E-state index is 0.0894. The molecule has 1 unspecified atom stereocenters. The third kappa shape index (κ3) is 3.20. The third-order valence-corrected chi connectivity index (χ3v) is 5.10. The van der Waals surface area contributed by atoms with Crippen molar-refractivity contribution in [1.82, 2.24) is 5.32 Å². The number of aliphatic hydroxyl groups is 1. The molecule has 126 valence electrons. The first kappa shape index (κ1) is 16.7. The highest BCUT2D eigenvalue weighted by Gasteiger charge is 2.25. The summed E-state index contributed by atoms with van der Waals surface area (Å²) in [7, 11) is 1.75. The summed E-state index contributed by atoms with van der Waals surface area (Å²) in [4.78, 5) is 25.7. The molecule has 1 atom stereocenters. The maximum atomic E-state index is 12.4. The lowest BCUT2D eigenvalue weighted by Gasteiger charge is -2.26. The first-order valence-corrected chi connectivity index (χ1v) is 8.75. The van der Waals surface area contributed by atoms with Crippen LogP contribution in [0.2, 0.25) is 0 Å². The van der Waals surface area contributed by atoms with Gasteiger partial charge in [0.15, 0.2) is 0 Å². The van der Waals surface area contributed by atoms with Crippen molar-refractivity contribution in [2.45, 2.75) is 25.4 Å². The summed E-state index contributed by atoms with van der Waals surface area (Å²) in [6.45, 7) is 1.82. The average Bonchev–Trinajstić information content (AvgIpc) is 3.11. The second-order valence-corrected chi connectivity index (χ2v) is 7.04. The van der Waals surface area contributed by atoms with Crippen molar-refractivity contribution in [3.05, 3.63) is 51.7 Å². The van der Waals surface area contributed by atoms with E-state index in [1.54, 1.807) is 31.0 Å². The largest absolute Gasteiger partial charge is 0.384 e. The molecular weight excluding hydrogens is 324 g/mol. The molecule has 1 aliphatic rings. The summed E-state index contributed by atoms with van der Waals surface area (Å²) in [5, 5.41) is 17.0. The summed E-state index contributed by atoms with van der Waals surface area (Å²) in [5.41, 5.74) is 2.08. The summed E-state index contributed by atoms with van der Waals surface area (Å²) in [5.74, 6) is -0.139. The molecule has 2 aromatic rings. The van der Waals surface area contributed by atoms with Gasteiger partial charge in [-0.05, 0) is 59.5 Å². The van der Waals surface area contributed by atoms with Crippen LogP contribution in [0.3, 0.4) is 0 Å². The number of carbonyl (C=O) groups excluding carboxylic acids is 2. The Balaban J connectivity index is 1.71. The van der Waals surface area contributed by atoms with E-state index in [1.807, 2.05) is 22.9 Å². The molecule has 24 heavy (non-hydrogen) atoms. The van der Waals surface area contributed by atoms with Gasteiger partial charge in [-0.15, -0.1) is 0 Å². The van der Waals surface area contributed by atoms with Crippen molar-refractivity contribution < 1.29 is 14.7 Å². The lowest BCUT2D eigenvalue weighted by Crippen LogP contribution is -2.38. The van der Waals surface area contributed by atoms with Gasteiger partial charge in [0, 0.05) is 24.7 Å². The fourth-order valence-corrected chi connectivity index (χ4v) is 3.61. The molecule has 0 radical (unpaired) electrons. The molecule has 0 saturated carbocycles. The van der Waals surface area contributed by atoms with Crippen molar-refractivity contribution in [1.29, 1.82) is 0 Å². The zero-order valence-electron chi connectivity index (χ0n) is 13.7. The van der Waals surface area contributed by atoms with Crippen LogP contribution in [0, 0.1) is 0 Å². The van der Waals surface area contributed by atoms with Crippen LogP contribution in [0.4, 0.5) is 5.69 Å². The number of thiophene rings is 1. The second kappa shape index (κ2) is 6.37. The Labute approximate surface area is 144 Å². The Kier molecular flexibility index (Phi) is 4.43. The van der Waals surface area contributed by atoms with Crippen molar-refractivity contribution >= 4 is 28.8 Å². The normalized spacial score (nSPS) is 16.5. The molecule has 0 aliphatic carbocycles. The maximum Gasteiger partial charge on any atom is 0.251 e. The van der Waals surface area contributed by atoms with Crippen LogP contribution in [0.15, 0.2) is 35.0 Å². The molecule has 0 spiro atoms. The zero-order valence-corrected chi connectivity index (χ0v) is 14.5. The average molecular weight is 344 g/mol. The first-order valence-electron chi connectivity index (χ1n) is 7.81. The van der Waals surface area contributed by atoms with Gasteiger partial charge < -0.3 is 15.3 Å². The molecule has 1 aliphatic heterocycles. The van der Waals surface area contributed by atoms with Gasteiger partial charge in [-0.3, -0.25) is 9.59 Å². The lowest BCUT2D eigenvalue weighted by atomic mass is 9.97. The molecule has 1 aromatic heterocycles. The highest BCUT2D eigenvalue weighted by molar-refractivity contribution is 7.08. The molecule has 5 nitrogen and oxygen atoms in total. The second-order valence-electron chi connectivity index (χ2n) is 6.26. The van der Waals surface area contributed by atoms with E-state index in [-0.39, 0.29) is 18.4 Å².